The van der Waals surface area contributed by atoms with Gasteiger partial charge in [-0.05, 0) is 25.0 Å². The van der Waals surface area contributed by atoms with E-state index in [1.54, 1.807) is 30.5 Å². The van der Waals surface area contributed by atoms with Crippen molar-refractivity contribution in [3.63, 3.8) is 0 Å². The second-order valence-electron chi connectivity index (χ2n) is 6.29. The van der Waals surface area contributed by atoms with Crippen molar-refractivity contribution in [3.05, 3.63) is 45.9 Å². The van der Waals surface area contributed by atoms with Crippen LogP contribution in [0.5, 0.6) is 5.75 Å². The minimum absolute atomic E-state index is 0. The summed E-state index contributed by atoms with van der Waals surface area (Å²) in [5, 5.41) is 9.54. The van der Waals surface area contributed by atoms with E-state index >= 15 is 0 Å². The molecule has 0 aliphatic heterocycles. The van der Waals surface area contributed by atoms with Crippen LogP contribution < -0.4 is 15.4 Å². The molecule has 154 valence electrons. The molecule has 1 heterocycles. The van der Waals surface area contributed by atoms with Crippen molar-refractivity contribution in [2.45, 2.75) is 38.1 Å². The van der Waals surface area contributed by atoms with E-state index in [9.17, 15) is 13.2 Å². The Hall–Kier alpha value is -1.56. The highest BCUT2D eigenvalue weighted by molar-refractivity contribution is 14.0. The van der Waals surface area contributed by atoms with Crippen LogP contribution >= 0.6 is 35.3 Å². The normalized spacial score (nSPS) is 19.0. The lowest BCUT2D eigenvalue weighted by atomic mass is 10.1. The fraction of sp³-hybridized carbons (Fsp3) is 0.444. The molecule has 10 heteroatoms. The lowest BCUT2D eigenvalue weighted by Crippen LogP contribution is -2.40. The number of rotatable bonds is 6. The molecule has 1 aromatic heterocycles. The van der Waals surface area contributed by atoms with Crippen molar-refractivity contribution in [3.8, 4) is 5.75 Å². The quantitative estimate of drug-likeness (QED) is 0.336. The van der Waals surface area contributed by atoms with E-state index in [1.807, 2.05) is 12.3 Å². The molecular weight excluding hydrogens is 504 g/mol. The summed E-state index contributed by atoms with van der Waals surface area (Å²) in [7, 11) is 1.67. The molecule has 0 spiro atoms. The number of para-hydroxylation sites is 1. The van der Waals surface area contributed by atoms with Gasteiger partial charge in [-0.1, -0.05) is 18.2 Å². The number of aromatic nitrogens is 1. The molecule has 2 aromatic rings. The van der Waals surface area contributed by atoms with Gasteiger partial charge >= 0.3 is 6.36 Å². The molecule has 2 unspecified atom stereocenters. The van der Waals surface area contributed by atoms with E-state index in [1.165, 1.54) is 12.1 Å². The number of alkyl halides is 3. The summed E-state index contributed by atoms with van der Waals surface area (Å²) in [5.41, 5.74) is 1.59. The summed E-state index contributed by atoms with van der Waals surface area (Å²) < 4.78 is 41.9. The fourth-order valence-electron chi connectivity index (χ4n) is 2.91. The maximum Gasteiger partial charge on any atom is 0.573 e. The van der Waals surface area contributed by atoms with Gasteiger partial charge in [-0.2, -0.15) is 0 Å². The van der Waals surface area contributed by atoms with Gasteiger partial charge in [-0.25, -0.2) is 4.98 Å². The number of hydrogen-bond donors (Lipinski definition) is 2. The van der Waals surface area contributed by atoms with Crippen molar-refractivity contribution in [1.82, 2.24) is 15.6 Å². The van der Waals surface area contributed by atoms with Gasteiger partial charge in [0.05, 0.1) is 10.7 Å². The van der Waals surface area contributed by atoms with Gasteiger partial charge in [0.1, 0.15) is 5.75 Å². The Bertz CT molecular complexity index is 812. The minimum Gasteiger partial charge on any atom is -0.405 e. The first kappa shape index (κ1) is 22.7. The highest BCUT2D eigenvalue weighted by Crippen LogP contribution is 2.45. The standard InChI is InChI=1S/C18H21F3N4OS.HI/c1-11-24-12(10-27-11)7-8-23-17(22-2)25-15-9-14(15)13-5-3-4-6-16(13)26-18(19,20)21;/h3-6,10,14-15H,7-9H2,1-2H3,(H2,22,23,25);1H. The molecule has 2 N–H and O–H groups in total. The second-order valence-corrected chi connectivity index (χ2v) is 7.35. The number of nitrogens with zero attached hydrogens (tertiary/aromatic N) is 2. The monoisotopic (exact) mass is 526 g/mol. The van der Waals surface area contributed by atoms with Gasteiger partial charge in [0, 0.05) is 37.4 Å². The van der Waals surface area contributed by atoms with Crippen LogP contribution in [0.25, 0.3) is 0 Å². The van der Waals surface area contributed by atoms with Crippen molar-refractivity contribution in [2.24, 2.45) is 4.99 Å². The van der Waals surface area contributed by atoms with Crippen LogP contribution in [0.3, 0.4) is 0 Å². The lowest BCUT2D eigenvalue weighted by Gasteiger charge is -2.14. The van der Waals surface area contributed by atoms with Gasteiger partial charge < -0.3 is 15.4 Å². The molecule has 1 aliphatic rings. The summed E-state index contributed by atoms with van der Waals surface area (Å²) in [4.78, 5) is 8.59. The highest BCUT2D eigenvalue weighted by Gasteiger charge is 2.42. The van der Waals surface area contributed by atoms with E-state index in [-0.39, 0.29) is 41.7 Å². The SMILES string of the molecule is CN=C(NCCc1csc(C)n1)NC1CC1c1ccccc1OC(F)(F)F.I. The average molecular weight is 526 g/mol. The first-order chi connectivity index (χ1) is 12.9. The third-order valence-electron chi connectivity index (χ3n) is 4.22. The molecule has 0 saturated heterocycles. The van der Waals surface area contributed by atoms with E-state index in [4.69, 9.17) is 0 Å². The topological polar surface area (TPSA) is 58.5 Å². The predicted octanol–water partition coefficient (Wildman–Crippen LogP) is 4.23. The summed E-state index contributed by atoms with van der Waals surface area (Å²) >= 11 is 1.62. The Kier molecular flexibility index (Phi) is 7.93. The average Bonchev–Trinajstić information content (AvgIpc) is 3.24. The Morgan fingerprint density at radius 3 is 2.75 bits per heavy atom. The molecular formula is C18H22F3IN4OS. The molecule has 0 radical (unpaired) electrons. The van der Waals surface area contributed by atoms with E-state index in [2.05, 4.69) is 25.3 Å². The highest BCUT2D eigenvalue weighted by atomic mass is 127. The molecule has 1 fully saturated rings. The maximum absolute atomic E-state index is 12.6. The Balaban J connectivity index is 0.00000280. The number of guanidine groups is 1. The Morgan fingerprint density at radius 2 is 2.11 bits per heavy atom. The van der Waals surface area contributed by atoms with Crippen LogP contribution in [-0.4, -0.2) is 36.9 Å². The summed E-state index contributed by atoms with van der Waals surface area (Å²) in [5.74, 6) is 0.452. The zero-order valence-electron chi connectivity index (χ0n) is 15.4. The summed E-state index contributed by atoms with van der Waals surface area (Å²) in [6.45, 7) is 2.64. The zero-order valence-corrected chi connectivity index (χ0v) is 18.6. The van der Waals surface area contributed by atoms with Gasteiger partial charge in [0.15, 0.2) is 5.96 Å². The van der Waals surface area contributed by atoms with E-state index in [0.717, 1.165) is 23.5 Å². The second kappa shape index (κ2) is 9.77. The maximum atomic E-state index is 12.6. The van der Waals surface area contributed by atoms with E-state index < -0.39 is 6.36 Å². The van der Waals surface area contributed by atoms with Gasteiger partial charge in [0.25, 0.3) is 0 Å². The molecule has 1 aliphatic carbocycles. The van der Waals surface area contributed by atoms with Crippen LogP contribution in [0.15, 0.2) is 34.6 Å². The third kappa shape index (κ3) is 6.50. The fourth-order valence-corrected chi connectivity index (χ4v) is 3.55. The molecule has 5 nitrogen and oxygen atoms in total. The number of benzene rings is 1. The lowest BCUT2D eigenvalue weighted by molar-refractivity contribution is -0.274. The molecule has 1 aromatic carbocycles. The number of aryl methyl sites for hydroxylation is 1. The van der Waals surface area contributed by atoms with Crippen molar-refractivity contribution < 1.29 is 17.9 Å². The molecule has 3 rings (SSSR count). The third-order valence-corrected chi connectivity index (χ3v) is 5.04. The van der Waals surface area contributed by atoms with Crippen molar-refractivity contribution >= 4 is 41.3 Å². The number of nitrogens with one attached hydrogen (secondary N) is 2. The summed E-state index contributed by atoms with van der Waals surface area (Å²) in [6, 6.07) is 6.30. The summed E-state index contributed by atoms with van der Waals surface area (Å²) in [6.07, 6.45) is -3.19. The van der Waals surface area contributed by atoms with Gasteiger partial charge in [0.2, 0.25) is 0 Å². The minimum atomic E-state index is -4.69. The van der Waals surface area contributed by atoms with Crippen LogP contribution in [-0.2, 0) is 6.42 Å². The van der Waals surface area contributed by atoms with Gasteiger partial charge in [-0.3, -0.25) is 4.99 Å². The smallest absolute Gasteiger partial charge is 0.405 e. The zero-order chi connectivity index (χ0) is 19.4. The van der Waals surface area contributed by atoms with Crippen LogP contribution in [0.4, 0.5) is 13.2 Å². The largest absolute Gasteiger partial charge is 0.573 e. The predicted molar refractivity (Wildman–Crippen MR) is 115 cm³/mol. The Morgan fingerprint density at radius 1 is 1.36 bits per heavy atom. The number of hydrogen-bond acceptors (Lipinski definition) is 4. The van der Waals surface area contributed by atoms with Crippen LogP contribution in [0, 0.1) is 6.92 Å². The molecule has 0 amide bonds. The number of halogens is 4. The molecule has 28 heavy (non-hydrogen) atoms. The number of ether oxygens (including phenoxy) is 1. The molecule has 0 bridgehead atoms. The van der Waals surface area contributed by atoms with Gasteiger partial charge in [-0.15, -0.1) is 48.5 Å². The Labute approximate surface area is 182 Å². The molecule has 2 atom stereocenters. The van der Waals surface area contributed by atoms with Crippen LogP contribution in [0.2, 0.25) is 0 Å². The number of aliphatic imine (C=N–C) groups is 1. The first-order valence-electron chi connectivity index (χ1n) is 8.58. The molecule has 1 saturated carbocycles. The van der Waals surface area contributed by atoms with E-state index in [0.29, 0.717) is 18.1 Å². The van der Waals surface area contributed by atoms with Crippen molar-refractivity contribution in [1.29, 1.82) is 0 Å². The number of thiazole rings is 1. The van der Waals surface area contributed by atoms with Crippen molar-refractivity contribution in [2.75, 3.05) is 13.6 Å². The van der Waals surface area contributed by atoms with Crippen LogP contribution in [0.1, 0.15) is 28.6 Å². The first-order valence-corrected chi connectivity index (χ1v) is 9.46.